The van der Waals surface area contributed by atoms with Crippen LogP contribution in [-0.2, 0) is 4.74 Å². The largest absolute Gasteiger partial charge is 0.368 e. The summed E-state index contributed by atoms with van der Waals surface area (Å²) in [6.45, 7) is 0.644. The highest BCUT2D eigenvalue weighted by Crippen LogP contribution is 2.27. The van der Waals surface area contributed by atoms with Crippen LogP contribution in [0.15, 0.2) is 30.3 Å². The van der Waals surface area contributed by atoms with E-state index >= 15 is 0 Å². The molecule has 1 heterocycles. The van der Waals surface area contributed by atoms with Gasteiger partial charge in [0.25, 0.3) is 0 Å². The molecule has 0 saturated carbocycles. The van der Waals surface area contributed by atoms with E-state index in [0.29, 0.717) is 12.5 Å². The van der Waals surface area contributed by atoms with Crippen molar-refractivity contribution < 1.29 is 9.84 Å². The van der Waals surface area contributed by atoms with E-state index in [0.717, 1.165) is 6.42 Å². The molecule has 2 atom stereocenters. The van der Waals surface area contributed by atoms with Crippen LogP contribution in [0.3, 0.4) is 0 Å². The van der Waals surface area contributed by atoms with Crippen LogP contribution < -0.4 is 0 Å². The van der Waals surface area contributed by atoms with Crippen LogP contribution in [0, 0.1) is 0 Å². The SMILES string of the molecule is OC1C[C@@H](c2ccccc2)CO1. The van der Waals surface area contributed by atoms with Gasteiger partial charge in [0.05, 0.1) is 6.61 Å². The Bertz CT molecular complexity index is 245. The van der Waals surface area contributed by atoms with Crippen molar-refractivity contribution in [3.8, 4) is 0 Å². The van der Waals surface area contributed by atoms with E-state index in [1.807, 2.05) is 18.2 Å². The number of hydrogen-bond acceptors (Lipinski definition) is 2. The summed E-state index contributed by atoms with van der Waals surface area (Å²) in [6.07, 6.45) is 0.166. The molecule has 1 aromatic carbocycles. The van der Waals surface area contributed by atoms with Crippen molar-refractivity contribution in [1.82, 2.24) is 0 Å². The lowest BCUT2D eigenvalue weighted by atomic mass is 9.98. The van der Waals surface area contributed by atoms with Crippen molar-refractivity contribution in [3.05, 3.63) is 35.9 Å². The van der Waals surface area contributed by atoms with Gasteiger partial charge in [-0.05, 0) is 5.56 Å². The van der Waals surface area contributed by atoms with Crippen molar-refractivity contribution in [2.45, 2.75) is 18.6 Å². The highest BCUT2D eigenvalue weighted by molar-refractivity contribution is 5.20. The van der Waals surface area contributed by atoms with Crippen LogP contribution in [0.1, 0.15) is 17.9 Å². The van der Waals surface area contributed by atoms with Crippen LogP contribution in [-0.4, -0.2) is 18.0 Å². The molecule has 2 heteroatoms. The van der Waals surface area contributed by atoms with Gasteiger partial charge in [-0.1, -0.05) is 30.3 Å². The molecule has 1 aliphatic rings. The lowest BCUT2D eigenvalue weighted by Gasteiger charge is -2.05. The fraction of sp³-hybridized carbons (Fsp3) is 0.400. The van der Waals surface area contributed by atoms with E-state index < -0.39 is 6.29 Å². The minimum Gasteiger partial charge on any atom is -0.368 e. The van der Waals surface area contributed by atoms with Gasteiger partial charge in [0.1, 0.15) is 0 Å². The molecule has 1 aromatic rings. The number of benzene rings is 1. The smallest absolute Gasteiger partial charge is 0.155 e. The number of ether oxygens (including phenoxy) is 1. The first kappa shape index (κ1) is 7.77. The molecule has 64 valence electrons. The van der Waals surface area contributed by atoms with Crippen molar-refractivity contribution >= 4 is 0 Å². The van der Waals surface area contributed by atoms with E-state index in [-0.39, 0.29) is 0 Å². The Balaban J connectivity index is 2.11. The van der Waals surface area contributed by atoms with Gasteiger partial charge >= 0.3 is 0 Å². The number of rotatable bonds is 1. The zero-order valence-electron chi connectivity index (χ0n) is 6.81. The Morgan fingerprint density at radius 3 is 2.58 bits per heavy atom. The summed E-state index contributed by atoms with van der Waals surface area (Å²) in [7, 11) is 0. The molecule has 1 aliphatic heterocycles. The Labute approximate surface area is 71.8 Å². The third-order valence-electron chi connectivity index (χ3n) is 2.25. The Morgan fingerprint density at radius 1 is 1.25 bits per heavy atom. The maximum absolute atomic E-state index is 9.14. The third-order valence-corrected chi connectivity index (χ3v) is 2.25. The highest BCUT2D eigenvalue weighted by Gasteiger charge is 2.24. The van der Waals surface area contributed by atoms with E-state index in [9.17, 15) is 0 Å². The second kappa shape index (κ2) is 3.25. The third kappa shape index (κ3) is 1.49. The number of aliphatic hydroxyl groups is 1. The van der Waals surface area contributed by atoms with Gasteiger partial charge in [-0.15, -0.1) is 0 Å². The first-order valence-corrected chi connectivity index (χ1v) is 4.21. The minimum atomic E-state index is -0.560. The Morgan fingerprint density at radius 2 is 2.00 bits per heavy atom. The van der Waals surface area contributed by atoms with E-state index in [1.165, 1.54) is 5.56 Å². The van der Waals surface area contributed by atoms with E-state index in [2.05, 4.69) is 12.1 Å². The second-order valence-corrected chi connectivity index (χ2v) is 3.13. The summed E-state index contributed by atoms with van der Waals surface area (Å²) in [5.74, 6) is 0.376. The van der Waals surface area contributed by atoms with Crippen LogP contribution >= 0.6 is 0 Å². The fourth-order valence-electron chi connectivity index (χ4n) is 1.56. The Kier molecular flexibility index (Phi) is 2.11. The molecule has 2 nitrogen and oxygen atoms in total. The standard InChI is InChI=1S/C10H12O2/c11-10-6-9(7-12-10)8-4-2-1-3-5-8/h1-5,9-11H,6-7H2/t9-,10?/m1/s1. The zero-order valence-corrected chi connectivity index (χ0v) is 6.81. The predicted octanol–water partition coefficient (Wildman–Crippen LogP) is 1.51. The minimum absolute atomic E-state index is 0.376. The van der Waals surface area contributed by atoms with Gasteiger partial charge < -0.3 is 9.84 Å². The molecule has 0 aliphatic carbocycles. The summed E-state index contributed by atoms with van der Waals surface area (Å²) in [5.41, 5.74) is 1.26. The van der Waals surface area contributed by atoms with Crippen LogP contribution in [0.4, 0.5) is 0 Å². The molecule has 1 unspecified atom stereocenters. The lowest BCUT2D eigenvalue weighted by molar-refractivity contribution is -0.0589. The summed E-state index contributed by atoms with van der Waals surface area (Å²) in [6, 6.07) is 10.2. The molecular formula is C10H12O2. The van der Waals surface area contributed by atoms with E-state index in [4.69, 9.17) is 9.84 Å². The van der Waals surface area contributed by atoms with Crippen LogP contribution in [0.25, 0.3) is 0 Å². The van der Waals surface area contributed by atoms with Gasteiger partial charge in [-0.2, -0.15) is 0 Å². The van der Waals surface area contributed by atoms with Crippen molar-refractivity contribution in [2.75, 3.05) is 6.61 Å². The normalized spacial score (nSPS) is 29.1. The van der Waals surface area contributed by atoms with Gasteiger partial charge in [0.2, 0.25) is 0 Å². The fourth-order valence-corrected chi connectivity index (χ4v) is 1.56. The number of aliphatic hydroxyl groups excluding tert-OH is 1. The first-order chi connectivity index (χ1) is 5.86. The van der Waals surface area contributed by atoms with Crippen LogP contribution in [0.5, 0.6) is 0 Å². The molecule has 12 heavy (non-hydrogen) atoms. The van der Waals surface area contributed by atoms with Gasteiger partial charge in [-0.3, -0.25) is 0 Å². The van der Waals surface area contributed by atoms with Crippen molar-refractivity contribution in [1.29, 1.82) is 0 Å². The molecule has 0 bridgehead atoms. The number of hydrogen-bond donors (Lipinski definition) is 1. The maximum Gasteiger partial charge on any atom is 0.155 e. The van der Waals surface area contributed by atoms with Crippen LogP contribution in [0.2, 0.25) is 0 Å². The quantitative estimate of drug-likeness (QED) is 0.681. The van der Waals surface area contributed by atoms with E-state index in [1.54, 1.807) is 0 Å². The highest BCUT2D eigenvalue weighted by atomic mass is 16.6. The molecular weight excluding hydrogens is 152 g/mol. The van der Waals surface area contributed by atoms with Gasteiger partial charge in [0.15, 0.2) is 6.29 Å². The molecule has 1 saturated heterocycles. The Hall–Kier alpha value is -0.860. The topological polar surface area (TPSA) is 29.5 Å². The predicted molar refractivity (Wildman–Crippen MR) is 45.8 cm³/mol. The molecule has 0 aromatic heterocycles. The average molecular weight is 164 g/mol. The molecule has 0 amide bonds. The second-order valence-electron chi connectivity index (χ2n) is 3.13. The van der Waals surface area contributed by atoms with Gasteiger partial charge in [0, 0.05) is 12.3 Å². The molecule has 1 N–H and O–H groups in total. The monoisotopic (exact) mass is 164 g/mol. The molecule has 2 rings (SSSR count). The molecule has 0 spiro atoms. The summed E-state index contributed by atoms with van der Waals surface area (Å²) in [5, 5.41) is 9.14. The summed E-state index contributed by atoms with van der Waals surface area (Å²) < 4.78 is 5.08. The first-order valence-electron chi connectivity index (χ1n) is 4.21. The molecule has 0 radical (unpaired) electrons. The summed E-state index contributed by atoms with van der Waals surface area (Å²) >= 11 is 0. The average Bonchev–Trinajstić information content (AvgIpc) is 2.54. The maximum atomic E-state index is 9.14. The van der Waals surface area contributed by atoms with Gasteiger partial charge in [-0.25, -0.2) is 0 Å². The summed E-state index contributed by atoms with van der Waals surface area (Å²) in [4.78, 5) is 0. The van der Waals surface area contributed by atoms with Crippen molar-refractivity contribution in [2.24, 2.45) is 0 Å². The van der Waals surface area contributed by atoms with Crippen molar-refractivity contribution in [3.63, 3.8) is 0 Å². The lowest BCUT2D eigenvalue weighted by Crippen LogP contribution is -2.00. The zero-order chi connectivity index (χ0) is 8.39. The molecule has 1 fully saturated rings.